The first-order valence-corrected chi connectivity index (χ1v) is 6.44. The molecule has 2 rings (SSSR count). The molecule has 3 unspecified atom stereocenters. The smallest absolute Gasteiger partial charge is 0.306 e. The Morgan fingerprint density at radius 2 is 2.22 bits per heavy atom. The summed E-state index contributed by atoms with van der Waals surface area (Å²) in [7, 11) is 0. The van der Waals surface area contributed by atoms with Crippen LogP contribution in [0, 0.1) is 5.92 Å². The van der Waals surface area contributed by atoms with E-state index < -0.39 is 5.97 Å². The third-order valence-corrected chi connectivity index (χ3v) is 3.73. The Morgan fingerprint density at radius 1 is 1.44 bits per heavy atom. The van der Waals surface area contributed by atoms with E-state index in [2.05, 4.69) is 5.32 Å². The summed E-state index contributed by atoms with van der Waals surface area (Å²) in [5.74, 6) is -1.04. The van der Waals surface area contributed by atoms with Crippen molar-refractivity contribution in [2.75, 3.05) is 26.3 Å². The van der Waals surface area contributed by atoms with Gasteiger partial charge in [0, 0.05) is 19.1 Å². The third kappa shape index (κ3) is 2.81. The highest BCUT2D eigenvalue weighted by atomic mass is 16.5. The summed E-state index contributed by atoms with van der Waals surface area (Å²) in [5.41, 5.74) is 0. The monoisotopic (exact) mass is 256 g/mol. The summed E-state index contributed by atoms with van der Waals surface area (Å²) in [4.78, 5) is 25.0. The fourth-order valence-electron chi connectivity index (χ4n) is 2.65. The van der Waals surface area contributed by atoms with E-state index in [-0.39, 0.29) is 23.9 Å². The van der Waals surface area contributed by atoms with Crippen LogP contribution < -0.4 is 5.32 Å². The highest BCUT2D eigenvalue weighted by molar-refractivity contribution is 5.83. The molecule has 0 aromatic heterocycles. The van der Waals surface area contributed by atoms with Gasteiger partial charge in [-0.3, -0.25) is 9.59 Å². The van der Waals surface area contributed by atoms with Gasteiger partial charge in [0.15, 0.2) is 0 Å². The van der Waals surface area contributed by atoms with Crippen molar-refractivity contribution in [3.8, 4) is 0 Å². The van der Waals surface area contributed by atoms with Crippen LogP contribution in [-0.2, 0) is 14.3 Å². The zero-order valence-electron chi connectivity index (χ0n) is 10.6. The lowest BCUT2D eigenvalue weighted by Gasteiger charge is -2.39. The summed E-state index contributed by atoms with van der Waals surface area (Å²) in [6.45, 7) is 4.17. The van der Waals surface area contributed by atoms with E-state index in [1.807, 2.05) is 6.92 Å². The number of carboxylic acid groups (broad SMARTS) is 1. The Hall–Kier alpha value is -1.14. The van der Waals surface area contributed by atoms with Crippen LogP contribution >= 0.6 is 0 Å². The molecule has 3 atom stereocenters. The van der Waals surface area contributed by atoms with Crippen LogP contribution in [-0.4, -0.2) is 60.3 Å². The number of carbonyl (C=O) groups is 2. The highest BCUT2D eigenvalue weighted by Gasteiger charge is 2.35. The fourth-order valence-corrected chi connectivity index (χ4v) is 2.65. The van der Waals surface area contributed by atoms with Crippen molar-refractivity contribution in [1.29, 1.82) is 0 Å². The molecule has 0 aromatic carbocycles. The molecule has 2 heterocycles. The van der Waals surface area contributed by atoms with Crippen LogP contribution in [0.2, 0.25) is 0 Å². The van der Waals surface area contributed by atoms with Gasteiger partial charge in [-0.25, -0.2) is 0 Å². The average Bonchev–Trinajstić information content (AvgIpc) is 2.38. The van der Waals surface area contributed by atoms with E-state index in [1.54, 1.807) is 4.90 Å². The average molecular weight is 256 g/mol. The highest BCUT2D eigenvalue weighted by Crippen LogP contribution is 2.23. The zero-order chi connectivity index (χ0) is 13.1. The quantitative estimate of drug-likeness (QED) is 0.708. The lowest BCUT2D eigenvalue weighted by atomic mass is 9.91. The molecule has 1 amide bonds. The van der Waals surface area contributed by atoms with Crippen molar-refractivity contribution in [2.24, 2.45) is 5.92 Å². The number of piperidine rings is 1. The second-order valence-corrected chi connectivity index (χ2v) is 5.02. The number of rotatable bonds is 2. The van der Waals surface area contributed by atoms with Gasteiger partial charge in [-0.1, -0.05) is 0 Å². The Kier molecular flexibility index (Phi) is 4.19. The van der Waals surface area contributed by atoms with Gasteiger partial charge < -0.3 is 20.1 Å². The number of aliphatic carboxylic acids is 1. The maximum atomic E-state index is 12.3. The second-order valence-electron chi connectivity index (χ2n) is 5.02. The van der Waals surface area contributed by atoms with E-state index in [9.17, 15) is 9.59 Å². The van der Waals surface area contributed by atoms with Gasteiger partial charge in [-0.05, 0) is 19.8 Å². The van der Waals surface area contributed by atoms with Crippen molar-refractivity contribution in [3.05, 3.63) is 0 Å². The van der Waals surface area contributed by atoms with Crippen molar-refractivity contribution in [2.45, 2.75) is 31.8 Å². The minimum absolute atomic E-state index is 0.0175. The minimum atomic E-state index is -0.756. The van der Waals surface area contributed by atoms with Gasteiger partial charge in [0.2, 0.25) is 5.91 Å². The van der Waals surface area contributed by atoms with Crippen LogP contribution in [0.5, 0.6) is 0 Å². The number of ether oxygens (including phenoxy) is 1. The standard InChI is InChI=1S/C12H20N2O4/c1-8-6-9(12(16)17)2-4-14(8)11(15)10-7-18-5-3-13-10/h8-10,13H,2-7H2,1H3,(H,16,17). The number of likely N-dealkylation sites (tertiary alicyclic amines) is 1. The Bertz CT molecular complexity index is 328. The molecular weight excluding hydrogens is 236 g/mol. The first kappa shape index (κ1) is 13.3. The van der Waals surface area contributed by atoms with E-state index in [0.717, 1.165) is 0 Å². The van der Waals surface area contributed by atoms with Crippen LogP contribution in [0.25, 0.3) is 0 Å². The van der Waals surface area contributed by atoms with Gasteiger partial charge in [-0.2, -0.15) is 0 Å². The number of amides is 1. The van der Waals surface area contributed by atoms with Crippen LogP contribution in [0.4, 0.5) is 0 Å². The summed E-state index contributed by atoms with van der Waals surface area (Å²) in [6.07, 6.45) is 1.08. The normalized spacial score (nSPS) is 33.2. The molecule has 0 radical (unpaired) electrons. The Labute approximate surface area is 106 Å². The summed E-state index contributed by atoms with van der Waals surface area (Å²) in [5, 5.41) is 12.1. The van der Waals surface area contributed by atoms with Gasteiger partial charge in [0.1, 0.15) is 6.04 Å². The molecule has 2 aliphatic rings. The number of nitrogens with one attached hydrogen (secondary N) is 1. The van der Waals surface area contributed by atoms with Gasteiger partial charge in [0.05, 0.1) is 19.1 Å². The first-order chi connectivity index (χ1) is 8.59. The Morgan fingerprint density at radius 3 is 2.78 bits per heavy atom. The fraction of sp³-hybridized carbons (Fsp3) is 0.833. The summed E-state index contributed by atoms with van der Waals surface area (Å²) in [6, 6.07) is -0.293. The van der Waals surface area contributed by atoms with Crippen molar-refractivity contribution < 1.29 is 19.4 Å². The molecule has 102 valence electrons. The lowest BCUT2D eigenvalue weighted by molar-refractivity contribution is -0.149. The van der Waals surface area contributed by atoms with Gasteiger partial charge in [-0.15, -0.1) is 0 Å². The zero-order valence-corrected chi connectivity index (χ0v) is 10.6. The molecule has 0 aliphatic carbocycles. The third-order valence-electron chi connectivity index (χ3n) is 3.73. The molecule has 2 saturated heterocycles. The van der Waals surface area contributed by atoms with Crippen LogP contribution in [0.1, 0.15) is 19.8 Å². The first-order valence-electron chi connectivity index (χ1n) is 6.44. The molecule has 6 heteroatoms. The molecular formula is C12H20N2O4. The largest absolute Gasteiger partial charge is 0.481 e. The van der Waals surface area contributed by atoms with Gasteiger partial charge >= 0.3 is 5.97 Å². The second kappa shape index (κ2) is 5.67. The Balaban J connectivity index is 1.93. The summed E-state index contributed by atoms with van der Waals surface area (Å²) >= 11 is 0. The van der Waals surface area contributed by atoms with Crippen LogP contribution in [0.15, 0.2) is 0 Å². The van der Waals surface area contributed by atoms with Gasteiger partial charge in [0.25, 0.3) is 0 Å². The predicted molar refractivity (Wildman–Crippen MR) is 64.1 cm³/mol. The molecule has 6 nitrogen and oxygen atoms in total. The molecule has 0 bridgehead atoms. The number of hydrogen-bond donors (Lipinski definition) is 2. The molecule has 0 aromatic rings. The van der Waals surface area contributed by atoms with E-state index in [0.29, 0.717) is 39.1 Å². The number of carboxylic acids is 1. The van der Waals surface area contributed by atoms with Crippen molar-refractivity contribution in [3.63, 3.8) is 0 Å². The molecule has 2 N–H and O–H groups in total. The van der Waals surface area contributed by atoms with E-state index in [4.69, 9.17) is 9.84 Å². The SMILES string of the molecule is CC1CC(C(=O)O)CCN1C(=O)C1COCCN1. The molecule has 2 aliphatic heterocycles. The van der Waals surface area contributed by atoms with E-state index >= 15 is 0 Å². The topological polar surface area (TPSA) is 78.9 Å². The summed E-state index contributed by atoms with van der Waals surface area (Å²) < 4.78 is 5.28. The number of morpholine rings is 1. The predicted octanol–water partition coefficient (Wildman–Crippen LogP) is -0.313. The van der Waals surface area contributed by atoms with Crippen molar-refractivity contribution in [1.82, 2.24) is 10.2 Å². The molecule has 18 heavy (non-hydrogen) atoms. The van der Waals surface area contributed by atoms with E-state index in [1.165, 1.54) is 0 Å². The number of hydrogen-bond acceptors (Lipinski definition) is 4. The number of nitrogens with zero attached hydrogens (tertiary/aromatic N) is 1. The molecule has 0 saturated carbocycles. The molecule has 2 fully saturated rings. The lowest BCUT2D eigenvalue weighted by Crippen LogP contribution is -2.56. The maximum Gasteiger partial charge on any atom is 0.306 e. The minimum Gasteiger partial charge on any atom is -0.481 e. The van der Waals surface area contributed by atoms with Crippen molar-refractivity contribution >= 4 is 11.9 Å². The maximum absolute atomic E-state index is 12.3. The molecule has 0 spiro atoms. The van der Waals surface area contributed by atoms with Crippen LogP contribution in [0.3, 0.4) is 0 Å². The number of carbonyl (C=O) groups excluding carboxylic acids is 1.